The van der Waals surface area contributed by atoms with Crippen molar-refractivity contribution in [3.05, 3.63) is 40.4 Å². The van der Waals surface area contributed by atoms with Crippen LogP contribution in [0.25, 0.3) is 0 Å². The molecule has 0 heterocycles. The number of anilines is 1. The number of primary amides is 1. The second-order valence-corrected chi connectivity index (χ2v) is 6.77. The molecular weight excluding hydrogens is 444 g/mol. The van der Waals surface area contributed by atoms with Crippen LogP contribution >= 0.6 is 15.9 Å². The summed E-state index contributed by atoms with van der Waals surface area (Å²) in [5, 5.41) is 2.77. The number of rotatable bonds is 10. The van der Waals surface area contributed by atoms with Crippen molar-refractivity contribution in [3.8, 4) is 23.0 Å². The maximum atomic E-state index is 12.7. The molecule has 8 nitrogen and oxygen atoms in total. The second-order valence-electron chi connectivity index (χ2n) is 5.91. The fourth-order valence-electron chi connectivity index (χ4n) is 2.41. The van der Waals surface area contributed by atoms with Gasteiger partial charge in [0.25, 0.3) is 11.8 Å². The molecule has 2 rings (SSSR count). The molecule has 0 saturated heterocycles. The Morgan fingerprint density at radius 1 is 1.03 bits per heavy atom. The number of methoxy groups -OCH3 is 2. The van der Waals surface area contributed by atoms with Crippen molar-refractivity contribution in [2.45, 2.75) is 13.3 Å². The third-order valence-electron chi connectivity index (χ3n) is 3.73. The lowest BCUT2D eigenvalue weighted by molar-refractivity contribution is -0.119. The minimum absolute atomic E-state index is 0.283. The van der Waals surface area contributed by atoms with Gasteiger partial charge in [-0.15, -0.1) is 0 Å². The van der Waals surface area contributed by atoms with Gasteiger partial charge >= 0.3 is 0 Å². The molecule has 0 atom stereocenters. The number of carbonyl (C=O) groups excluding carboxylic acids is 2. The summed E-state index contributed by atoms with van der Waals surface area (Å²) in [6.07, 6.45) is 0.843. The second kappa shape index (κ2) is 10.6. The summed E-state index contributed by atoms with van der Waals surface area (Å²) in [5.41, 5.74) is 5.93. The summed E-state index contributed by atoms with van der Waals surface area (Å²) in [6.45, 7) is 2.22. The molecule has 2 aromatic carbocycles. The molecule has 2 aromatic rings. The van der Waals surface area contributed by atoms with E-state index in [1.807, 2.05) is 6.92 Å². The molecule has 0 saturated carbocycles. The standard InChI is InChI=1S/C20H23BrN2O6/c1-4-7-28-19-14(21)8-12(9-17(19)27-3)20(25)23-13-5-6-15(26-2)16(10-13)29-11-18(22)24/h5-6,8-10H,4,7,11H2,1-3H3,(H2,22,24)(H,23,25). The Labute approximate surface area is 177 Å². The fraction of sp³-hybridized carbons (Fsp3) is 0.300. The topological polar surface area (TPSA) is 109 Å². The SMILES string of the molecule is CCCOc1c(Br)cc(C(=O)Nc2ccc(OC)c(OCC(N)=O)c2)cc1OC. The van der Waals surface area contributed by atoms with E-state index < -0.39 is 5.91 Å². The molecule has 0 bridgehead atoms. The molecule has 0 spiro atoms. The van der Waals surface area contributed by atoms with Gasteiger partial charge in [-0.1, -0.05) is 6.92 Å². The van der Waals surface area contributed by atoms with Crippen molar-refractivity contribution < 1.29 is 28.5 Å². The molecule has 9 heteroatoms. The third-order valence-corrected chi connectivity index (χ3v) is 4.32. The fourth-order valence-corrected chi connectivity index (χ4v) is 2.97. The van der Waals surface area contributed by atoms with E-state index in [0.29, 0.717) is 39.6 Å². The molecule has 0 unspecified atom stereocenters. The number of ether oxygens (including phenoxy) is 4. The van der Waals surface area contributed by atoms with E-state index in [2.05, 4.69) is 21.2 Å². The van der Waals surface area contributed by atoms with Crippen LogP contribution in [0.3, 0.4) is 0 Å². The Hall–Kier alpha value is -2.94. The molecule has 0 aliphatic carbocycles. The van der Waals surface area contributed by atoms with Gasteiger partial charge in [0.1, 0.15) is 0 Å². The van der Waals surface area contributed by atoms with Crippen LogP contribution in [0.2, 0.25) is 0 Å². The summed E-state index contributed by atoms with van der Waals surface area (Å²) < 4.78 is 22.2. The van der Waals surface area contributed by atoms with Crippen molar-refractivity contribution in [3.63, 3.8) is 0 Å². The van der Waals surface area contributed by atoms with Gasteiger partial charge in [0.15, 0.2) is 29.6 Å². The Bertz CT molecular complexity index is 888. The van der Waals surface area contributed by atoms with E-state index in [1.165, 1.54) is 14.2 Å². The Morgan fingerprint density at radius 3 is 2.38 bits per heavy atom. The quantitative estimate of drug-likeness (QED) is 0.555. The van der Waals surface area contributed by atoms with Crippen LogP contribution < -0.4 is 30.0 Å². The third kappa shape index (κ3) is 6.02. The maximum Gasteiger partial charge on any atom is 0.255 e. The molecule has 156 valence electrons. The molecular formula is C20H23BrN2O6. The zero-order valence-corrected chi connectivity index (χ0v) is 18.0. The van der Waals surface area contributed by atoms with Crippen molar-refractivity contribution in [2.75, 3.05) is 32.8 Å². The van der Waals surface area contributed by atoms with Gasteiger partial charge < -0.3 is 30.0 Å². The monoisotopic (exact) mass is 466 g/mol. The lowest BCUT2D eigenvalue weighted by Gasteiger charge is -2.15. The lowest BCUT2D eigenvalue weighted by atomic mass is 10.1. The molecule has 29 heavy (non-hydrogen) atoms. The van der Waals surface area contributed by atoms with E-state index in [4.69, 9.17) is 24.7 Å². The van der Waals surface area contributed by atoms with E-state index in [-0.39, 0.29) is 18.3 Å². The molecule has 0 aromatic heterocycles. The molecule has 3 N–H and O–H groups in total. The molecule has 0 fully saturated rings. The number of benzene rings is 2. The Kier molecular flexibility index (Phi) is 8.14. The number of carbonyl (C=O) groups is 2. The summed E-state index contributed by atoms with van der Waals surface area (Å²) >= 11 is 3.42. The predicted octanol–water partition coefficient (Wildman–Crippen LogP) is 3.37. The highest BCUT2D eigenvalue weighted by molar-refractivity contribution is 9.10. The number of amides is 2. The van der Waals surface area contributed by atoms with Crippen LogP contribution in [-0.2, 0) is 4.79 Å². The van der Waals surface area contributed by atoms with Gasteiger partial charge in [0.2, 0.25) is 0 Å². The maximum absolute atomic E-state index is 12.7. The van der Waals surface area contributed by atoms with Gasteiger partial charge in [0, 0.05) is 17.3 Å². The number of nitrogens with two attached hydrogens (primary N) is 1. The van der Waals surface area contributed by atoms with E-state index in [9.17, 15) is 9.59 Å². The molecule has 0 aliphatic rings. The van der Waals surface area contributed by atoms with E-state index in [0.717, 1.165) is 6.42 Å². The van der Waals surface area contributed by atoms with Crippen molar-refractivity contribution in [2.24, 2.45) is 5.73 Å². The minimum atomic E-state index is -0.621. The zero-order valence-electron chi connectivity index (χ0n) is 16.4. The van der Waals surface area contributed by atoms with Crippen LogP contribution in [0.15, 0.2) is 34.8 Å². The summed E-state index contributed by atoms with van der Waals surface area (Å²) in [5.74, 6) is 0.689. The highest BCUT2D eigenvalue weighted by Crippen LogP contribution is 2.37. The normalized spacial score (nSPS) is 10.2. The van der Waals surface area contributed by atoms with Crippen LogP contribution in [0.1, 0.15) is 23.7 Å². The van der Waals surface area contributed by atoms with Crippen molar-refractivity contribution in [1.82, 2.24) is 0 Å². The minimum Gasteiger partial charge on any atom is -0.493 e. The predicted molar refractivity (Wildman–Crippen MR) is 112 cm³/mol. The van der Waals surface area contributed by atoms with Crippen LogP contribution in [0, 0.1) is 0 Å². The van der Waals surface area contributed by atoms with Crippen molar-refractivity contribution >= 4 is 33.4 Å². The average Bonchev–Trinajstić information content (AvgIpc) is 2.70. The number of hydrogen-bond acceptors (Lipinski definition) is 6. The zero-order chi connectivity index (χ0) is 21.4. The molecule has 0 aliphatic heterocycles. The van der Waals surface area contributed by atoms with Crippen LogP contribution in [-0.4, -0.2) is 39.2 Å². The lowest BCUT2D eigenvalue weighted by Crippen LogP contribution is -2.20. The van der Waals surface area contributed by atoms with Gasteiger partial charge in [0.05, 0.1) is 25.3 Å². The van der Waals surface area contributed by atoms with Gasteiger partial charge in [-0.2, -0.15) is 0 Å². The van der Waals surface area contributed by atoms with Gasteiger partial charge in [-0.05, 0) is 46.6 Å². The number of nitrogens with one attached hydrogen (secondary N) is 1. The first kappa shape index (κ1) is 22.4. The molecule has 0 radical (unpaired) electrons. The first-order chi connectivity index (χ1) is 13.9. The highest BCUT2D eigenvalue weighted by atomic mass is 79.9. The summed E-state index contributed by atoms with van der Waals surface area (Å²) in [7, 11) is 2.98. The molecule has 2 amide bonds. The van der Waals surface area contributed by atoms with Crippen LogP contribution in [0.4, 0.5) is 5.69 Å². The van der Waals surface area contributed by atoms with Crippen LogP contribution in [0.5, 0.6) is 23.0 Å². The van der Waals surface area contributed by atoms with E-state index in [1.54, 1.807) is 30.3 Å². The average molecular weight is 467 g/mol. The van der Waals surface area contributed by atoms with Gasteiger partial charge in [-0.3, -0.25) is 9.59 Å². The first-order valence-corrected chi connectivity index (χ1v) is 9.59. The number of hydrogen-bond donors (Lipinski definition) is 2. The van der Waals surface area contributed by atoms with Gasteiger partial charge in [-0.25, -0.2) is 0 Å². The number of halogens is 1. The Balaban J connectivity index is 2.24. The first-order valence-electron chi connectivity index (χ1n) is 8.80. The Morgan fingerprint density at radius 2 is 1.76 bits per heavy atom. The smallest absolute Gasteiger partial charge is 0.255 e. The highest BCUT2D eigenvalue weighted by Gasteiger charge is 2.16. The summed E-state index contributed by atoms with van der Waals surface area (Å²) in [4.78, 5) is 23.7. The largest absolute Gasteiger partial charge is 0.493 e. The van der Waals surface area contributed by atoms with E-state index >= 15 is 0 Å². The van der Waals surface area contributed by atoms with Crippen molar-refractivity contribution in [1.29, 1.82) is 0 Å². The summed E-state index contributed by atoms with van der Waals surface area (Å²) in [6, 6.07) is 8.06.